The molecular formula is C17H23N3O. The van der Waals surface area contributed by atoms with Crippen LogP contribution in [0.2, 0.25) is 0 Å². The van der Waals surface area contributed by atoms with Crippen LogP contribution in [0.15, 0.2) is 18.3 Å². The van der Waals surface area contributed by atoms with Crippen molar-refractivity contribution >= 4 is 11.0 Å². The Kier molecular flexibility index (Phi) is 3.65. The van der Waals surface area contributed by atoms with E-state index in [0.29, 0.717) is 5.92 Å². The van der Waals surface area contributed by atoms with Crippen LogP contribution in [-0.2, 0) is 11.3 Å². The molecule has 0 aromatic carbocycles. The largest absolute Gasteiger partial charge is 0.379 e. The standard InChI is InChI=1S/C17H23N3O/c1-2-5-13(4-1)16-15(12-20-8-10-21-11-9-20)14-6-3-7-18-17(14)19-16/h3,6-7,13H,1-2,4-5,8-12H2,(H,18,19). The van der Waals surface area contributed by atoms with Crippen LogP contribution in [0.4, 0.5) is 0 Å². The lowest BCUT2D eigenvalue weighted by molar-refractivity contribution is 0.0342. The number of aromatic amines is 1. The Bertz CT molecular complexity index is 610. The third-order valence-corrected chi connectivity index (χ3v) is 4.96. The Morgan fingerprint density at radius 2 is 2.05 bits per heavy atom. The highest BCUT2D eigenvalue weighted by Crippen LogP contribution is 2.38. The zero-order valence-electron chi connectivity index (χ0n) is 12.5. The predicted molar refractivity (Wildman–Crippen MR) is 83.4 cm³/mol. The average molecular weight is 285 g/mol. The minimum Gasteiger partial charge on any atom is -0.379 e. The van der Waals surface area contributed by atoms with Gasteiger partial charge in [-0.05, 0) is 36.5 Å². The molecule has 2 fully saturated rings. The van der Waals surface area contributed by atoms with Gasteiger partial charge in [-0.2, -0.15) is 0 Å². The van der Waals surface area contributed by atoms with E-state index in [2.05, 4.69) is 27.0 Å². The van der Waals surface area contributed by atoms with Crippen molar-refractivity contribution in [3.63, 3.8) is 0 Å². The second-order valence-electron chi connectivity index (χ2n) is 6.29. The van der Waals surface area contributed by atoms with Crippen LogP contribution in [0.1, 0.15) is 42.9 Å². The van der Waals surface area contributed by atoms with E-state index < -0.39 is 0 Å². The fraction of sp³-hybridized carbons (Fsp3) is 0.588. The Hall–Kier alpha value is -1.39. The Labute approximate surface area is 125 Å². The number of fused-ring (bicyclic) bond motifs is 1. The highest BCUT2D eigenvalue weighted by molar-refractivity contribution is 5.81. The number of ether oxygens (including phenoxy) is 1. The van der Waals surface area contributed by atoms with E-state index in [9.17, 15) is 0 Å². The molecule has 2 aliphatic rings. The van der Waals surface area contributed by atoms with E-state index in [1.54, 1.807) is 0 Å². The molecule has 0 bridgehead atoms. The molecule has 0 amide bonds. The molecule has 1 saturated carbocycles. The third kappa shape index (κ3) is 2.58. The van der Waals surface area contributed by atoms with Crippen LogP contribution in [0.3, 0.4) is 0 Å². The van der Waals surface area contributed by atoms with E-state index in [1.807, 2.05) is 6.20 Å². The molecule has 4 rings (SSSR count). The molecule has 0 spiro atoms. The van der Waals surface area contributed by atoms with Gasteiger partial charge >= 0.3 is 0 Å². The summed E-state index contributed by atoms with van der Waals surface area (Å²) in [5.41, 5.74) is 3.99. The molecule has 3 heterocycles. The van der Waals surface area contributed by atoms with Gasteiger partial charge in [-0.3, -0.25) is 4.90 Å². The van der Waals surface area contributed by atoms with Crippen molar-refractivity contribution < 1.29 is 4.74 Å². The summed E-state index contributed by atoms with van der Waals surface area (Å²) in [6, 6.07) is 4.27. The predicted octanol–water partition coefficient (Wildman–Crippen LogP) is 3.05. The van der Waals surface area contributed by atoms with Gasteiger partial charge in [0.25, 0.3) is 0 Å². The van der Waals surface area contributed by atoms with Gasteiger partial charge in [0.05, 0.1) is 13.2 Å². The number of rotatable bonds is 3. The minimum absolute atomic E-state index is 0.704. The van der Waals surface area contributed by atoms with Gasteiger partial charge in [0.1, 0.15) is 5.65 Å². The van der Waals surface area contributed by atoms with Gasteiger partial charge in [0, 0.05) is 36.9 Å². The van der Waals surface area contributed by atoms with E-state index in [4.69, 9.17) is 4.74 Å². The van der Waals surface area contributed by atoms with E-state index in [1.165, 1.54) is 42.3 Å². The molecule has 0 unspecified atom stereocenters. The maximum absolute atomic E-state index is 5.47. The molecule has 1 aliphatic carbocycles. The number of nitrogens with one attached hydrogen (secondary N) is 1. The Morgan fingerprint density at radius 1 is 1.24 bits per heavy atom. The number of aromatic nitrogens is 2. The SMILES string of the molecule is c1cnc2[nH]c(C3CCCC3)c(CN3CCOCC3)c2c1. The van der Waals surface area contributed by atoms with E-state index in [-0.39, 0.29) is 0 Å². The first-order valence-electron chi connectivity index (χ1n) is 8.17. The molecule has 1 N–H and O–H groups in total. The molecule has 4 nitrogen and oxygen atoms in total. The highest BCUT2D eigenvalue weighted by Gasteiger charge is 2.25. The van der Waals surface area contributed by atoms with E-state index in [0.717, 1.165) is 38.5 Å². The lowest BCUT2D eigenvalue weighted by Gasteiger charge is -2.27. The fourth-order valence-corrected chi connectivity index (χ4v) is 3.81. The summed E-state index contributed by atoms with van der Waals surface area (Å²) in [5.74, 6) is 0.704. The monoisotopic (exact) mass is 285 g/mol. The number of H-pyrrole nitrogens is 1. The molecule has 2 aromatic heterocycles. The maximum atomic E-state index is 5.47. The second kappa shape index (κ2) is 5.78. The smallest absolute Gasteiger partial charge is 0.137 e. The molecule has 0 atom stereocenters. The van der Waals surface area contributed by atoms with Gasteiger partial charge in [0.15, 0.2) is 0 Å². The number of hydrogen-bond acceptors (Lipinski definition) is 3. The van der Waals surface area contributed by atoms with Crippen molar-refractivity contribution in [1.29, 1.82) is 0 Å². The van der Waals surface area contributed by atoms with Crippen LogP contribution >= 0.6 is 0 Å². The van der Waals surface area contributed by atoms with Crippen molar-refractivity contribution in [2.45, 2.75) is 38.1 Å². The topological polar surface area (TPSA) is 41.2 Å². The first kappa shape index (κ1) is 13.3. The number of morpholine rings is 1. The number of pyridine rings is 1. The fourth-order valence-electron chi connectivity index (χ4n) is 3.81. The Morgan fingerprint density at radius 3 is 2.86 bits per heavy atom. The van der Waals surface area contributed by atoms with Crippen molar-refractivity contribution in [2.75, 3.05) is 26.3 Å². The quantitative estimate of drug-likeness (QED) is 0.942. The van der Waals surface area contributed by atoms with Crippen molar-refractivity contribution in [1.82, 2.24) is 14.9 Å². The van der Waals surface area contributed by atoms with Crippen LogP contribution < -0.4 is 0 Å². The van der Waals surface area contributed by atoms with Gasteiger partial charge < -0.3 is 9.72 Å². The summed E-state index contributed by atoms with van der Waals surface area (Å²) in [4.78, 5) is 10.7. The molecule has 0 radical (unpaired) electrons. The minimum atomic E-state index is 0.704. The van der Waals surface area contributed by atoms with Crippen LogP contribution in [-0.4, -0.2) is 41.2 Å². The summed E-state index contributed by atoms with van der Waals surface area (Å²) in [5, 5.41) is 1.31. The molecule has 21 heavy (non-hydrogen) atoms. The summed E-state index contributed by atoms with van der Waals surface area (Å²) >= 11 is 0. The van der Waals surface area contributed by atoms with Crippen LogP contribution in [0, 0.1) is 0 Å². The van der Waals surface area contributed by atoms with Crippen LogP contribution in [0.5, 0.6) is 0 Å². The average Bonchev–Trinajstić information content (AvgIpc) is 3.16. The van der Waals surface area contributed by atoms with Gasteiger partial charge in [-0.15, -0.1) is 0 Å². The third-order valence-electron chi connectivity index (χ3n) is 4.96. The van der Waals surface area contributed by atoms with Gasteiger partial charge in [-0.25, -0.2) is 4.98 Å². The van der Waals surface area contributed by atoms with Gasteiger partial charge in [0.2, 0.25) is 0 Å². The first-order chi connectivity index (χ1) is 10.4. The van der Waals surface area contributed by atoms with Crippen molar-refractivity contribution in [2.24, 2.45) is 0 Å². The van der Waals surface area contributed by atoms with Gasteiger partial charge in [-0.1, -0.05) is 12.8 Å². The number of nitrogens with zero attached hydrogens (tertiary/aromatic N) is 2. The lowest BCUT2D eigenvalue weighted by atomic mass is 9.98. The molecule has 2 aromatic rings. The number of hydrogen-bond donors (Lipinski definition) is 1. The summed E-state index contributed by atoms with van der Waals surface area (Å²) < 4.78 is 5.47. The first-order valence-corrected chi connectivity index (χ1v) is 8.17. The molecule has 4 heteroatoms. The normalized spacial score (nSPS) is 21.3. The van der Waals surface area contributed by atoms with Crippen molar-refractivity contribution in [3.8, 4) is 0 Å². The Balaban J connectivity index is 1.70. The molecule has 1 saturated heterocycles. The summed E-state index contributed by atoms with van der Waals surface area (Å²) in [7, 11) is 0. The molecular weight excluding hydrogens is 262 g/mol. The molecule has 112 valence electrons. The lowest BCUT2D eigenvalue weighted by Crippen LogP contribution is -2.35. The summed E-state index contributed by atoms with van der Waals surface area (Å²) in [6.45, 7) is 4.83. The van der Waals surface area contributed by atoms with Crippen molar-refractivity contribution in [3.05, 3.63) is 29.6 Å². The van der Waals surface area contributed by atoms with E-state index >= 15 is 0 Å². The summed E-state index contributed by atoms with van der Waals surface area (Å²) in [6.07, 6.45) is 7.26. The zero-order chi connectivity index (χ0) is 14.1. The highest BCUT2D eigenvalue weighted by atomic mass is 16.5. The maximum Gasteiger partial charge on any atom is 0.137 e. The zero-order valence-corrected chi connectivity index (χ0v) is 12.5. The van der Waals surface area contributed by atoms with Crippen LogP contribution in [0.25, 0.3) is 11.0 Å². The molecule has 1 aliphatic heterocycles. The second-order valence-corrected chi connectivity index (χ2v) is 6.29.